The van der Waals surface area contributed by atoms with Crippen molar-refractivity contribution >= 4 is 0 Å². The summed E-state index contributed by atoms with van der Waals surface area (Å²) in [5, 5.41) is 0. The van der Waals surface area contributed by atoms with E-state index in [4.69, 9.17) is 9.47 Å². The van der Waals surface area contributed by atoms with Crippen molar-refractivity contribution in [1.29, 1.82) is 0 Å². The Balaban J connectivity index is 2.85. The van der Waals surface area contributed by atoms with Crippen LogP contribution in [-0.2, 0) is 9.47 Å². The molecule has 0 aromatic carbocycles. The van der Waals surface area contributed by atoms with Gasteiger partial charge in [0.2, 0.25) is 0 Å². The summed E-state index contributed by atoms with van der Waals surface area (Å²) in [5.41, 5.74) is -0.0161. The highest BCUT2D eigenvalue weighted by Gasteiger charge is 2.47. The molecule has 100 valence electrons. The van der Waals surface area contributed by atoms with E-state index in [2.05, 4.69) is 41.2 Å². The van der Waals surface area contributed by atoms with E-state index in [0.29, 0.717) is 24.4 Å². The Labute approximate surface area is 106 Å². The van der Waals surface area contributed by atoms with Crippen molar-refractivity contribution in [3.05, 3.63) is 12.7 Å². The van der Waals surface area contributed by atoms with Gasteiger partial charge in [-0.1, -0.05) is 40.7 Å². The van der Waals surface area contributed by atoms with Gasteiger partial charge in [0.25, 0.3) is 0 Å². The van der Waals surface area contributed by atoms with Crippen molar-refractivity contribution in [3.8, 4) is 0 Å². The molecule has 0 N–H and O–H groups in total. The molecule has 0 aliphatic carbocycles. The van der Waals surface area contributed by atoms with E-state index in [1.807, 2.05) is 0 Å². The van der Waals surface area contributed by atoms with E-state index in [-0.39, 0.29) is 11.9 Å². The molecule has 0 amide bonds. The molecule has 1 aliphatic heterocycles. The Hall–Kier alpha value is -0.340. The molecule has 1 heterocycles. The summed E-state index contributed by atoms with van der Waals surface area (Å²) >= 11 is 0. The van der Waals surface area contributed by atoms with Crippen LogP contribution in [0.1, 0.15) is 47.5 Å². The Morgan fingerprint density at radius 3 is 2.24 bits per heavy atom. The van der Waals surface area contributed by atoms with Crippen molar-refractivity contribution in [2.75, 3.05) is 6.61 Å². The normalized spacial score (nSPS) is 36.8. The number of hydrogen-bond acceptors (Lipinski definition) is 2. The molecular weight excluding hydrogens is 212 g/mol. The average Bonchev–Trinajstić information content (AvgIpc) is 2.36. The highest BCUT2D eigenvalue weighted by atomic mass is 16.7. The van der Waals surface area contributed by atoms with Gasteiger partial charge in [-0.3, -0.25) is 0 Å². The fourth-order valence-electron chi connectivity index (χ4n) is 3.04. The lowest BCUT2D eigenvalue weighted by Crippen LogP contribution is -2.54. The van der Waals surface area contributed by atoms with Crippen LogP contribution in [0.5, 0.6) is 0 Å². The van der Waals surface area contributed by atoms with E-state index in [1.54, 1.807) is 6.08 Å². The van der Waals surface area contributed by atoms with E-state index in [1.165, 1.54) is 0 Å². The lowest BCUT2D eigenvalue weighted by atomic mass is 9.70. The number of ether oxygens (including phenoxy) is 2. The first-order valence-electron chi connectivity index (χ1n) is 6.92. The van der Waals surface area contributed by atoms with Gasteiger partial charge in [0, 0.05) is 5.92 Å². The summed E-state index contributed by atoms with van der Waals surface area (Å²) in [6.45, 7) is 15.6. The monoisotopic (exact) mass is 240 g/mol. The molecular formula is C15H28O2. The number of rotatable bonds is 5. The molecule has 1 unspecified atom stereocenters. The maximum absolute atomic E-state index is 6.30. The molecule has 0 radical (unpaired) electrons. The van der Waals surface area contributed by atoms with Gasteiger partial charge in [0.15, 0.2) is 6.29 Å². The Kier molecular flexibility index (Phi) is 5.21. The lowest BCUT2D eigenvalue weighted by molar-refractivity contribution is -0.288. The van der Waals surface area contributed by atoms with Crippen LogP contribution in [0.15, 0.2) is 12.7 Å². The molecule has 0 bridgehead atoms. The summed E-state index contributed by atoms with van der Waals surface area (Å²) in [7, 11) is 0. The van der Waals surface area contributed by atoms with Crippen LogP contribution in [0.3, 0.4) is 0 Å². The summed E-state index contributed by atoms with van der Waals surface area (Å²) in [4.78, 5) is 0. The molecule has 0 saturated carbocycles. The minimum Gasteiger partial charge on any atom is -0.348 e. The zero-order valence-electron chi connectivity index (χ0n) is 12.0. The summed E-state index contributed by atoms with van der Waals surface area (Å²) in [6.07, 6.45) is 3.81. The highest BCUT2D eigenvalue weighted by Crippen LogP contribution is 2.45. The molecule has 0 aromatic rings. The topological polar surface area (TPSA) is 18.5 Å². The maximum Gasteiger partial charge on any atom is 0.161 e. The van der Waals surface area contributed by atoms with Gasteiger partial charge in [-0.15, -0.1) is 6.58 Å². The molecule has 0 spiro atoms. The van der Waals surface area contributed by atoms with Gasteiger partial charge in [0.05, 0.1) is 12.2 Å². The van der Waals surface area contributed by atoms with Crippen molar-refractivity contribution in [3.63, 3.8) is 0 Å². The first kappa shape index (κ1) is 14.7. The van der Waals surface area contributed by atoms with Gasteiger partial charge in [-0.25, -0.2) is 0 Å². The Bertz CT molecular complexity index is 245. The maximum atomic E-state index is 6.30. The van der Waals surface area contributed by atoms with Crippen molar-refractivity contribution in [2.24, 2.45) is 17.8 Å². The van der Waals surface area contributed by atoms with E-state index in [0.717, 1.165) is 12.8 Å². The summed E-state index contributed by atoms with van der Waals surface area (Å²) in [6, 6.07) is 0. The van der Waals surface area contributed by atoms with Crippen LogP contribution in [0.4, 0.5) is 0 Å². The Morgan fingerprint density at radius 1 is 1.18 bits per heavy atom. The summed E-state index contributed by atoms with van der Waals surface area (Å²) in [5.74, 6) is 1.64. The zero-order chi connectivity index (χ0) is 13.1. The first-order chi connectivity index (χ1) is 8.02. The smallest absolute Gasteiger partial charge is 0.161 e. The predicted octanol–water partition coefficient (Wildman–Crippen LogP) is 4.01. The minimum atomic E-state index is -0.0842. The molecule has 1 saturated heterocycles. The van der Waals surface area contributed by atoms with Crippen LogP contribution >= 0.6 is 0 Å². The standard InChI is InChI=1S/C15H28O2/c1-7-10-16-14-12(5)11(4)13(6)15(8-2,9-3)17-14/h7,11-14H,1,8-10H2,2-6H3/t11-,12-,13+,14?/m1/s1. The highest BCUT2D eigenvalue weighted by molar-refractivity contribution is 4.93. The van der Waals surface area contributed by atoms with Crippen LogP contribution < -0.4 is 0 Å². The third kappa shape index (κ3) is 2.74. The molecule has 0 aromatic heterocycles. The summed E-state index contributed by atoms with van der Waals surface area (Å²) < 4.78 is 12.1. The Morgan fingerprint density at radius 2 is 1.76 bits per heavy atom. The molecule has 2 heteroatoms. The van der Waals surface area contributed by atoms with Crippen LogP contribution in [-0.4, -0.2) is 18.5 Å². The third-order valence-electron chi connectivity index (χ3n) is 4.80. The molecule has 4 atom stereocenters. The fourth-order valence-corrected chi connectivity index (χ4v) is 3.04. The average molecular weight is 240 g/mol. The second kappa shape index (κ2) is 6.01. The van der Waals surface area contributed by atoms with E-state index < -0.39 is 0 Å². The van der Waals surface area contributed by atoms with Crippen molar-refractivity contribution < 1.29 is 9.47 Å². The second-order valence-corrected chi connectivity index (χ2v) is 5.39. The van der Waals surface area contributed by atoms with Crippen LogP contribution in [0, 0.1) is 17.8 Å². The second-order valence-electron chi connectivity index (χ2n) is 5.39. The quantitative estimate of drug-likeness (QED) is 0.676. The lowest BCUT2D eigenvalue weighted by Gasteiger charge is -2.51. The molecule has 1 aliphatic rings. The van der Waals surface area contributed by atoms with Crippen molar-refractivity contribution in [1.82, 2.24) is 0 Å². The largest absolute Gasteiger partial charge is 0.348 e. The van der Waals surface area contributed by atoms with Gasteiger partial charge < -0.3 is 9.47 Å². The van der Waals surface area contributed by atoms with Gasteiger partial charge >= 0.3 is 0 Å². The van der Waals surface area contributed by atoms with Crippen molar-refractivity contribution in [2.45, 2.75) is 59.4 Å². The van der Waals surface area contributed by atoms with E-state index >= 15 is 0 Å². The molecule has 2 nitrogen and oxygen atoms in total. The molecule has 17 heavy (non-hydrogen) atoms. The van der Waals surface area contributed by atoms with E-state index in [9.17, 15) is 0 Å². The van der Waals surface area contributed by atoms with Crippen LogP contribution in [0.2, 0.25) is 0 Å². The number of hydrogen-bond donors (Lipinski definition) is 0. The first-order valence-corrected chi connectivity index (χ1v) is 6.92. The SMILES string of the molecule is C=CCOC1OC(CC)(CC)[C@@H](C)[C@H](C)[C@H]1C. The predicted molar refractivity (Wildman–Crippen MR) is 71.8 cm³/mol. The minimum absolute atomic E-state index is 0.0161. The van der Waals surface area contributed by atoms with Crippen LogP contribution in [0.25, 0.3) is 0 Å². The van der Waals surface area contributed by atoms with Gasteiger partial charge in [-0.05, 0) is 24.7 Å². The fraction of sp³-hybridized carbons (Fsp3) is 0.867. The molecule has 1 rings (SSSR count). The zero-order valence-corrected chi connectivity index (χ0v) is 12.0. The third-order valence-corrected chi connectivity index (χ3v) is 4.80. The van der Waals surface area contributed by atoms with Gasteiger partial charge in [-0.2, -0.15) is 0 Å². The van der Waals surface area contributed by atoms with Gasteiger partial charge in [0.1, 0.15) is 0 Å². The molecule has 1 fully saturated rings.